The molecular formula is C31H35BrClN3O4S. The van der Waals surface area contributed by atoms with Gasteiger partial charge in [0.2, 0.25) is 21.8 Å². The quantitative estimate of drug-likeness (QED) is 0.275. The van der Waals surface area contributed by atoms with Gasteiger partial charge < -0.3 is 10.2 Å². The van der Waals surface area contributed by atoms with Gasteiger partial charge in [-0.25, -0.2) is 8.42 Å². The van der Waals surface area contributed by atoms with Gasteiger partial charge in [0, 0.05) is 28.5 Å². The van der Waals surface area contributed by atoms with Crippen LogP contribution in [0, 0.1) is 0 Å². The lowest BCUT2D eigenvalue weighted by atomic mass is 9.94. The molecule has 7 nitrogen and oxygen atoms in total. The highest BCUT2D eigenvalue weighted by Gasteiger charge is 2.34. The maximum absolute atomic E-state index is 14.2. The molecule has 1 atom stereocenters. The lowest BCUT2D eigenvalue weighted by Gasteiger charge is -2.35. The molecule has 218 valence electrons. The van der Waals surface area contributed by atoms with Crippen LogP contribution in [0.3, 0.4) is 0 Å². The largest absolute Gasteiger partial charge is 0.352 e. The van der Waals surface area contributed by atoms with Crippen LogP contribution < -0.4 is 9.62 Å². The Morgan fingerprint density at radius 2 is 1.61 bits per heavy atom. The van der Waals surface area contributed by atoms with Gasteiger partial charge in [0.25, 0.3) is 0 Å². The molecule has 1 aliphatic carbocycles. The zero-order valence-electron chi connectivity index (χ0n) is 23.0. The molecule has 2 amide bonds. The van der Waals surface area contributed by atoms with Gasteiger partial charge in [-0.3, -0.25) is 13.9 Å². The van der Waals surface area contributed by atoms with Gasteiger partial charge in [0.1, 0.15) is 12.6 Å². The fraction of sp³-hybridized carbons (Fsp3) is 0.355. The molecule has 3 aromatic carbocycles. The summed E-state index contributed by atoms with van der Waals surface area (Å²) in [4.78, 5) is 29.6. The minimum atomic E-state index is -3.82. The monoisotopic (exact) mass is 659 g/mol. The van der Waals surface area contributed by atoms with Crippen molar-refractivity contribution in [2.75, 3.05) is 17.1 Å². The molecule has 0 aliphatic heterocycles. The molecule has 0 aromatic heterocycles. The van der Waals surface area contributed by atoms with Gasteiger partial charge in [0.15, 0.2) is 0 Å². The fourth-order valence-electron chi connectivity index (χ4n) is 5.15. The molecule has 0 bridgehead atoms. The first-order valence-electron chi connectivity index (χ1n) is 13.7. The van der Waals surface area contributed by atoms with Crippen molar-refractivity contribution in [1.29, 1.82) is 0 Å². The number of hydrogen-bond acceptors (Lipinski definition) is 4. The summed E-state index contributed by atoms with van der Waals surface area (Å²) >= 11 is 9.64. The second kappa shape index (κ2) is 14.3. The van der Waals surface area contributed by atoms with E-state index in [1.54, 1.807) is 42.5 Å². The van der Waals surface area contributed by atoms with Crippen molar-refractivity contribution in [2.24, 2.45) is 0 Å². The highest BCUT2D eigenvalue weighted by Crippen LogP contribution is 2.24. The number of benzene rings is 3. The number of carbonyl (C=O) groups is 2. The summed E-state index contributed by atoms with van der Waals surface area (Å²) in [6, 6.07) is 22.6. The minimum Gasteiger partial charge on any atom is -0.352 e. The van der Waals surface area contributed by atoms with Gasteiger partial charge in [-0.2, -0.15) is 0 Å². The van der Waals surface area contributed by atoms with E-state index >= 15 is 0 Å². The number of sulfonamides is 1. The van der Waals surface area contributed by atoms with Crippen LogP contribution in [0.1, 0.15) is 43.2 Å². The Kier molecular flexibility index (Phi) is 10.9. The van der Waals surface area contributed by atoms with E-state index in [4.69, 9.17) is 11.6 Å². The molecule has 10 heteroatoms. The van der Waals surface area contributed by atoms with E-state index in [1.807, 2.05) is 36.4 Å². The van der Waals surface area contributed by atoms with Crippen LogP contribution in [-0.2, 0) is 32.6 Å². The number of amides is 2. The summed E-state index contributed by atoms with van der Waals surface area (Å²) < 4.78 is 27.6. The standard InChI is InChI=1S/C31H35BrClN3O4S/c1-41(39,40)36(28-17-15-25(32)16-18-28)22-30(37)35(21-24-11-8-12-26(33)19-24)29(20-23-9-4-2-5-10-23)31(38)34-27-13-6-3-7-14-27/h2,4-5,8-12,15-19,27,29H,3,6-7,13-14,20-22H2,1H3,(H,34,38)/t29-/m1/s1. The lowest BCUT2D eigenvalue weighted by Crippen LogP contribution is -2.55. The van der Waals surface area contributed by atoms with Crippen LogP contribution in [0.2, 0.25) is 5.02 Å². The van der Waals surface area contributed by atoms with Gasteiger partial charge in [-0.15, -0.1) is 0 Å². The summed E-state index contributed by atoms with van der Waals surface area (Å²) in [7, 11) is -3.82. The SMILES string of the molecule is CS(=O)(=O)N(CC(=O)N(Cc1cccc(Cl)c1)[C@H](Cc1ccccc1)C(=O)NC1CCCCC1)c1ccc(Br)cc1. The molecule has 41 heavy (non-hydrogen) atoms. The molecule has 3 aromatic rings. The van der Waals surface area contributed by atoms with Crippen molar-refractivity contribution in [3.8, 4) is 0 Å². The Labute approximate surface area is 256 Å². The van der Waals surface area contributed by atoms with Crippen LogP contribution in [0.15, 0.2) is 83.3 Å². The summed E-state index contributed by atoms with van der Waals surface area (Å²) in [5.41, 5.74) is 2.00. The van der Waals surface area contributed by atoms with E-state index in [2.05, 4.69) is 21.2 Å². The highest BCUT2D eigenvalue weighted by molar-refractivity contribution is 9.10. The topological polar surface area (TPSA) is 86.8 Å². The van der Waals surface area contributed by atoms with Crippen LogP contribution in [0.5, 0.6) is 0 Å². The van der Waals surface area contributed by atoms with Crippen LogP contribution in [0.25, 0.3) is 0 Å². The van der Waals surface area contributed by atoms with Crippen molar-refractivity contribution in [2.45, 2.75) is 57.2 Å². The molecule has 0 heterocycles. The Bertz CT molecular complexity index is 1430. The lowest BCUT2D eigenvalue weighted by molar-refractivity contribution is -0.140. The second-order valence-electron chi connectivity index (χ2n) is 10.4. The number of hydrogen-bond donors (Lipinski definition) is 1. The van der Waals surface area contributed by atoms with Crippen molar-refractivity contribution >= 4 is 55.1 Å². The maximum atomic E-state index is 14.2. The average Bonchev–Trinajstić information content (AvgIpc) is 2.94. The average molecular weight is 661 g/mol. The molecule has 1 N–H and O–H groups in total. The molecule has 0 radical (unpaired) electrons. The van der Waals surface area contributed by atoms with E-state index in [-0.39, 0.29) is 24.9 Å². The summed E-state index contributed by atoms with van der Waals surface area (Å²) in [5.74, 6) is -0.733. The molecular weight excluding hydrogens is 626 g/mol. The predicted molar refractivity (Wildman–Crippen MR) is 167 cm³/mol. The van der Waals surface area contributed by atoms with Crippen molar-refractivity contribution in [1.82, 2.24) is 10.2 Å². The summed E-state index contributed by atoms with van der Waals surface area (Å²) in [6.45, 7) is -0.365. The number of halogens is 2. The van der Waals surface area contributed by atoms with Crippen molar-refractivity contribution in [3.63, 3.8) is 0 Å². The van der Waals surface area contributed by atoms with E-state index in [0.29, 0.717) is 10.7 Å². The first-order chi connectivity index (χ1) is 19.6. The van der Waals surface area contributed by atoms with Gasteiger partial charge in [0.05, 0.1) is 11.9 Å². The maximum Gasteiger partial charge on any atom is 0.244 e. The second-order valence-corrected chi connectivity index (χ2v) is 13.7. The Morgan fingerprint density at radius 1 is 0.951 bits per heavy atom. The number of anilines is 1. The van der Waals surface area contributed by atoms with Gasteiger partial charge >= 0.3 is 0 Å². The van der Waals surface area contributed by atoms with Crippen molar-refractivity contribution in [3.05, 3.63) is 99.5 Å². The molecule has 4 rings (SSSR count). The van der Waals surface area contributed by atoms with E-state index in [9.17, 15) is 18.0 Å². The van der Waals surface area contributed by atoms with Gasteiger partial charge in [-0.05, 0) is 60.4 Å². The number of nitrogens with one attached hydrogen (secondary N) is 1. The fourth-order valence-corrected chi connectivity index (χ4v) is 6.48. The van der Waals surface area contributed by atoms with Crippen LogP contribution in [-0.4, -0.2) is 50.0 Å². The number of carbonyl (C=O) groups excluding carboxylic acids is 2. The van der Waals surface area contributed by atoms with Crippen LogP contribution in [0.4, 0.5) is 5.69 Å². The Hall–Kier alpha value is -2.88. The first kappa shape index (κ1) is 31.1. The number of rotatable bonds is 11. The zero-order chi connectivity index (χ0) is 29.4. The normalized spacial score (nSPS) is 14.7. The smallest absolute Gasteiger partial charge is 0.244 e. The third kappa shape index (κ3) is 9.05. The molecule has 1 saturated carbocycles. The predicted octanol–water partition coefficient (Wildman–Crippen LogP) is 5.96. The van der Waals surface area contributed by atoms with E-state index in [0.717, 1.165) is 58.3 Å². The first-order valence-corrected chi connectivity index (χ1v) is 16.7. The Morgan fingerprint density at radius 3 is 2.24 bits per heavy atom. The van der Waals surface area contributed by atoms with E-state index < -0.39 is 28.5 Å². The molecule has 1 aliphatic rings. The molecule has 1 fully saturated rings. The van der Waals surface area contributed by atoms with Crippen molar-refractivity contribution < 1.29 is 18.0 Å². The minimum absolute atomic E-state index is 0.0490. The van der Waals surface area contributed by atoms with Crippen LogP contribution >= 0.6 is 27.5 Å². The third-order valence-corrected chi connectivity index (χ3v) is 9.16. The highest BCUT2D eigenvalue weighted by atomic mass is 79.9. The van der Waals surface area contributed by atoms with E-state index in [1.165, 1.54) is 4.90 Å². The third-order valence-electron chi connectivity index (χ3n) is 7.26. The molecule has 0 unspecified atom stereocenters. The molecule has 0 saturated heterocycles. The zero-order valence-corrected chi connectivity index (χ0v) is 26.2. The number of nitrogens with zero attached hydrogens (tertiary/aromatic N) is 2. The molecule has 0 spiro atoms. The summed E-state index contributed by atoms with van der Waals surface area (Å²) in [5, 5.41) is 3.71. The Balaban J connectivity index is 1.71. The summed E-state index contributed by atoms with van der Waals surface area (Å²) in [6.07, 6.45) is 6.40. The van der Waals surface area contributed by atoms with Gasteiger partial charge in [-0.1, -0.05) is 89.3 Å².